The lowest BCUT2D eigenvalue weighted by Crippen LogP contribution is -2.14. The van der Waals surface area contributed by atoms with Gasteiger partial charge in [-0.15, -0.1) is 0 Å². The van der Waals surface area contributed by atoms with Gasteiger partial charge in [0, 0.05) is 10.5 Å². The van der Waals surface area contributed by atoms with Crippen LogP contribution in [0.5, 0.6) is 0 Å². The van der Waals surface area contributed by atoms with E-state index in [0.717, 1.165) is 16.6 Å². The Morgan fingerprint density at radius 3 is 2.37 bits per heavy atom. The molecule has 0 unspecified atom stereocenters. The van der Waals surface area contributed by atoms with Crippen molar-refractivity contribution in [3.63, 3.8) is 0 Å². The zero-order chi connectivity index (χ0) is 14.0. The average molecular weight is 345 g/mol. The van der Waals surface area contributed by atoms with Gasteiger partial charge in [0.05, 0.1) is 16.3 Å². The summed E-state index contributed by atoms with van der Waals surface area (Å²) in [6.07, 6.45) is 0. The summed E-state index contributed by atoms with van der Waals surface area (Å²) >= 11 is 3.22. The highest BCUT2D eigenvalue weighted by Crippen LogP contribution is 2.23. The van der Waals surface area contributed by atoms with Gasteiger partial charge in [-0.05, 0) is 36.4 Å². The number of nitrogens with one attached hydrogen (secondary N) is 1. The van der Waals surface area contributed by atoms with Gasteiger partial charge >= 0.3 is 0 Å². The monoisotopic (exact) mass is 344 g/mol. The third kappa shape index (κ3) is 3.24. The van der Waals surface area contributed by atoms with Gasteiger partial charge in [0.15, 0.2) is 0 Å². The molecule has 0 radical (unpaired) electrons. The molecule has 3 N–H and O–H groups in total. The summed E-state index contributed by atoms with van der Waals surface area (Å²) in [4.78, 5) is 0.0689. The quantitative estimate of drug-likeness (QED) is 0.840. The second-order valence-corrected chi connectivity index (χ2v) is 6.39. The third-order valence-corrected chi connectivity index (χ3v) is 4.29. The van der Waals surface area contributed by atoms with E-state index in [4.69, 9.17) is 5.73 Å². The van der Waals surface area contributed by atoms with Crippen LogP contribution in [0, 0.1) is 5.82 Å². The van der Waals surface area contributed by atoms with Gasteiger partial charge in [0.1, 0.15) is 5.82 Å². The van der Waals surface area contributed by atoms with Gasteiger partial charge in [-0.25, -0.2) is 12.8 Å². The van der Waals surface area contributed by atoms with Crippen molar-refractivity contribution in [3.8, 4) is 0 Å². The molecule has 0 aliphatic carbocycles. The smallest absolute Gasteiger partial charge is 0.261 e. The summed E-state index contributed by atoms with van der Waals surface area (Å²) in [5, 5.41) is 0. The number of sulfonamides is 1. The maximum atomic E-state index is 13.1. The van der Waals surface area contributed by atoms with E-state index >= 15 is 0 Å². The molecule has 2 rings (SSSR count). The zero-order valence-electron chi connectivity index (χ0n) is 9.60. The molecule has 4 nitrogen and oxygen atoms in total. The Balaban J connectivity index is 2.36. The predicted octanol–water partition coefficient (Wildman–Crippen LogP) is 2.97. The Morgan fingerprint density at radius 2 is 1.74 bits per heavy atom. The molecule has 0 heterocycles. The van der Waals surface area contributed by atoms with Gasteiger partial charge in [0.2, 0.25) is 0 Å². The molecule has 0 amide bonds. The van der Waals surface area contributed by atoms with Gasteiger partial charge in [-0.2, -0.15) is 0 Å². The largest absolute Gasteiger partial charge is 0.397 e. The Bertz CT molecular complexity index is 702. The summed E-state index contributed by atoms with van der Waals surface area (Å²) in [5.41, 5.74) is 5.77. The SMILES string of the molecule is Nc1ccc(F)cc1NS(=O)(=O)c1ccc(Br)cc1. The molecule has 0 bridgehead atoms. The number of nitrogen functional groups attached to an aromatic ring is 1. The number of benzene rings is 2. The van der Waals surface area contributed by atoms with Crippen LogP contribution in [0.15, 0.2) is 51.8 Å². The van der Waals surface area contributed by atoms with Crippen LogP contribution >= 0.6 is 15.9 Å². The van der Waals surface area contributed by atoms with Crippen LogP contribution in [-0.4, -0.2) is 8.42 Å². The number of hydrogen-bond acceptors (Lipinski definition) is 3. The van der Waals surface area contributed by atoms with E-state index in [9.17, 15) is 12.8 Å². The molecule has 0 fully saturated rings. The minimum atomic E-state index is -3.79. The molecule has 0 aliphatic heterocycles. The van der Waals surface area contributed by atoms with E-state index < -0.39 is 15.8 Å². The van der Waals surface area contributed by atoms with Crippen LogP contribution in [0.3, 0.4) is 0 Å². The molecule has 2 aromatic rings. The molecular formula is C12H10BrFN2O2S. The van der Waals surface area contributed by atoms with Gasteiger partial charge in [0.25, 0.3) is 10.0 Å². The minimum Gasteiger partial charge on any atom is -0.397 e. The lowest BCUT2D eigenvalue weighted by molar-refractivity contribution is 0.601. The highest BCUT2D eigenvalue weighted by Gasteiger charge is 2.15. The van der Waals surface area contributed by atoms with E-state index in [1.165, 1.54) is 18.2 Å². The van der Waals surface area contributed by atoms with Crippen molar-refractivity contribution in [2.24, 2.45) is 0 Å². The van der Waals surface area contributed by atoms with E-state index in [-0.39, 0.29) is 16.3 Å². The maximum Gasteiger partial charge on any atom is 0.261 e. The fraction of sp³-hybridized carbons (Fsp3) is 0. The molecule has 2 aromatic carbocycles. The zero-order valence-corrected chi connectivity index (χ0v) is 12.0. The van der Waals surface area contributed by atoms with E-state index in [2.05, 4.69) is 20.7 Å². The maximum absolute atomic E-state index is 13.1. The summed E-state index contributed by atoms with van der Waals surface area (Å²) < 4.78 is 40.2. The minimum absolute atomic E-state index is 0.0166. The number of hydrogen-bond donors (Lipinski definition) is 2. The molecule has 0 atom stereocenters. The summed E-state index contributed by atoms with van der Waals surface area (Å²) in [7, 11) is -3.79. The van der Waals surface area contributed by atoms with Crippen LogP contribution in [0.2, 0.25) is 0 Å². The molecule has 0 saturated heterocycles. The first-order valence-electron chi connectivity index (χ1n) is 5.22. The topological polar surface area (TPSA) is 72.2 Å². The Hall–Kier alpha value is -1.60. The summed E-state index contributed by atoms with van der Waals surface area (Å²) in [5.74, 6) is -0.567. The van der Waals surface area contributed by atoms with Crippen molar-refractivity contribution in [1.29, 1.82) is 0 Å². The van der Waals surface area contributed by atoms with Crippen LogP contribution in [0.25, 0.3) is 0 Å². The Kier molecular flexibility index (Phi) is 3.77. The van der Waals surface area contributed by atoms with Gasteiger partial charge in [-0.3, -0.25) is 4.72 Å². The van der Waals surface area contributed by atoms with Crippen LogP contribution < -0.4 is 10.5 Å². The average Bonchev–Trinajstić information content (AvgIpc) is 2.34. The second-order valence-electron chi connectivity index (χ2n) is 3.79. The van der Waals surface area contributed by atoms with Gasteiger partial charge in [-0.1, -0.05) is 15.9 Å². The van der Waals surface area contributed by atoms with Gasteiger partial charge < -0.3 is 5.73 Å². The summed E-state index contributed by atoms with van der Waals surface area (Å²) in [6.45, 7) is 0. The van der Waals surface area contributed by atoms with Crippen molar-refractivity contribution in [2.75, 3.05) is 10.5 Å². The first-order valence-corrected chi connectivity index (χ1v) is 7.49. The van der Waals surface area contributed by atoms with Crippen molar-refractivity contribution in [1.82, 2.24) is 0 Å². The molecule has 0 spiro atoms. The highest BCUT2D eigenvalue weighted by atomic mass is 79.9. The van der Waals surface area contributed by atoms with E-state index in [1.807, 2.05) is 0 Å². The van der Waals surface area contributed by atoms with Crippen LogP contribution in [-0.2, 0) is 10.0 Å². The van der Waals surface area contributed by atoms with Crippen LogP contribution in [0.4, 0.5) is 15.8 Å². The molecule has 0 aliphatic rings. The van der Waals surface area contributed by atoms with Crippen molar-refractivity contribution in [2.45, 2.75) is 4.90 Å². The molecular weight excluding hydrogens is 335 g/mol. The first-order chi connectivity index (χ1) is 8.88. The standard InChI is InChI=1S/C12H10BrFN2O2S/c13-8-1-4-10(5-2-8)19(17,18)16-12-7-9(14)3-6-11(12)15/h1-7,16H,15H2. The van der Waals surface area contributed by atoms with Crippen molar-refractivity contribution < 1.29 is 12.8 Å². The third-order valence-electron chi connectivity index (χ3n) is 2.38. The van der Waals surface area contributed by atoms with Crippen molar-refractivity contribution >= 4 is 37.3 Å². The molecule has 0 aromatic heterocycles. The van der Waals surface area contributed by atoms with E-state index in [1.54, 1.807) is 12.1 Å². The molecule has 100 valence electrons. The number of nitrogens with two attached hydrogens (primary N) is 1. The van der Waals surface area contributed by atoms with Crippen molar-refractivity contribution in [3.05, 3.63) is 52.8 Å². The highest BCUT2D eigenvalue weighted by molar-refractivity contribution is 9.10. The second kappa shape index (κ2) is 5.18. The molecule has 7 heteroatoms. The number of rotatable bonds is 3. The Morgan fingerprint density at radius 1 is 1.11 bits per heavy atom. The van der Waals surface area contributed by atoms with Crippen LogP contribution in [0.1, 0.15) is 0 Å². The van der Waals surface area contributed by atoms with E-state index in [0.29, 0.717) is 0 Å². The normalized spacial score (nSPS) is 11.3. The molecule has 19 heavy (non-hydrogen) atoms. The lowest BCUT2D eigenvalue weighted by Gasteiger charge is -2.10. The first kappa shape index (κ1) is 13.8. The number of halogens is 2. The fourth-order valence-corrected chi connectivity index (χ4v) is 2.78. The lowest BCUT2D eigenvalue weighted by atomic mass is 10.3. The fourth-order valence-electron chi connectivity index (χ4n) is 1.43. The predicted molar refractivity (Wildman–Crippen MR) is 75.8 cm³/mol. The molecule has 0 saturated carbocycles. The summed E-state index contributed by atoms with van der Waals surface area (Å²) in [6, 6.07) is 9.56. The number of anilines is 2. The Labute approximate surface area is 118 Å².